The Morgan fingerprint density at radius 1 is 1.14 bits per heavy atom. The molecule has 0 radical (unpaired) electrons. The summed E-state index contributed by atoms with van der Waals surface area (Å²) in [6, 6.07) is 6.22. The molecule has 1 aliphatic heterocycles. The summed E-state index contributed by atoms with van der Waals surface area (Å²) >= 11 is 0. The van der Waals surface area contributed by atoms with Crippen molar-refractivity contribution in [2.45, 2.75) is 33.1 Å². The second-order valence-corrected chi connectivity index (χ2v) is 6.96. The van der Waals surface area contributed by atoms with E-state index in [1.165, 1.54) is 25.3 Å². The maximum Gasteiger partial charge on any atom is 0.319 e. The number of piperidine rings is 1. The number of anilines is 3. The number of carbonyl (C=O) groups excluding carboxylic acids is 1. The lowest BCUT2D eigenvalue weighted by Crippen LogP contribution is -2.33. The molecule has 1 fully saturated rings. The number of benzene rings is 1. The second kappa shape index (κ2) is 9.34. The Hall–Kier alpha value is -2.90. The van der Waals surface area contributed by atoms with Gasteiger partial charge in [-0.1, -0.05) is 6.07 Å². The lowest BCUT2D eigenvalue weighted by molar-refractivity contribution is 0.252. The van der Waals surface area contributed by atoms with Crippen molar-refractivity contribution in [1.29, 1.82) is 0 Å². The number of aromatic nitrogens is 2. The predicted molar refractivity (Wildman–Crippen MR) is 109 cm³/mol. The highest BCUT2D eigenvalue weighted by atomic mass is 19.1. The zero-order valence-corrected chi connectivity index (χ0v) is 16.4. The fraction of sp³-hybridized carbons (Fsp3) is 0.450. The van der Waals surface area contributed by atoms with Gasteiger partial charge in [0, 0.05) is 49.2 Å². The van der Waals surface area contributed by atoms with Gasteiger partial charge in [0.2, 0.25) is 5.95 Å². The topological polar surface area (TPSA) is 82.2 Å². The van der Waals surface area contributed by atoms with Gasteiger partial charge in [-0.25, -0.2) is 14.2 Å². The molecule has 1 aromatic carbocycles. The largest absolute Gasteiger partial charge is 0.356 e. The van der Waals surface area contributed by atoms with E-state index in [-0.39, 0.29) is 11.8 Å². The van der Waals surface area contributed by atoms with Gasteiger partial charge in [-0.05, 0) is 45.2 Å². The minimum absolute atomic E-state index is 0.347. The van der Waals surface area contributed by atoms with Crippen LogP contribution in [0, 0.1) is 19.7 Å². The smallest absolute Gasteiger partial charge is 0.319 e. The van der Waals surface area contributed by atoms with E-state index in [0.29, 0.717) is 30.3 Å². The number of aryl methyl sites for hydroxylation is 1. The molecule has 0 spiro atoms. The number of amides is 2. The molecule has 1 aromatic heterocycles. The first kappa shape index (κ1) is 19.9. The van der Waals surface area contributed by atoms with E-state index < -0.39 is 0 Å². The second-order valence-electron chi connectivity index (χ2n) is 6.96. The van der Waals surface area contributed by atoms with Crippen LogP contribution in [0.5, 0.6) is 0 Å². The van der Waals surface area contributed by atoms with E-state index in [1.54, 1.807) is 19.1 Å². The van der Waals surface area contributed by atoms with E-state index in [1.807, 2.05) is 13.0 Å². The number of halogens is 1. The monoisotopic (exact) mass is 386 g/mol. The van der Waals surface area contributed by atoms with Crippen molar-refractivity contribution in [1.82, 2.24) is 15.3 Å². The molecule has 150 valence electrons. The Bertz CT molecular complexity index is 822. The third-order valence-corrected chi connectivity index (χ3v) is 4.73. The number of hydrogen-bond acceptors (Lipinski definition) is 5. The van der Waals surface area contributed by atoms with Gasteiger partial charge in [-0.2, -0.15) is 4.98 Å². The van der Waals surface area contributed by atoms with Crippen LogP contribution in [0.3, 0.4) is 0 Å². The Kier molecular flexibility index (Phi) is 6.62. The van der Waals surface area contributed by atoms with E-state index in [4.69, 9.17) is 0 Å². The predicted octanol–water partition coefficient (Wildman–Crippen LogP) is 3.46. The molecule has 0 unspecified atom stereocenters. The zero-order chi connectivity index (χ0) is 19.9. The number of nitrogens with one attached hydrogen (secondary N) is 3. The number of hydrogen-bond donors (Lipinski definition) is 3. The summed E-state index contributed by atoms with van der Waals surface area (Å²) in [6.45, 7) is 6.50. The fourth-order valence-corrected chi connectivity index (χ4v) is 3.18. The lowest BCUT2D eigenvalue weighted by Gasteiger charge is -2.28. The van der Waals surface area contributed by atoms with E-state index in [0.717, 1.165) is 24.6 Å². The third-order valence-electron chi connectivity index (χ3n) is 4.73. The number of urea groups is 1. The maximum atomic E-state index is 13.5. The van der Waals surface area contributed by atoms with Crippen molar-refractivity contribution in [3.63, 3.8) is 0 Å². The fourth-order valence-electron chi connectivity index (χ4n) is 3.18. The van der Waals surface area contributed by atoms with Crippen LogP contribution < -0.4 is 20.9 Å². The van der Waals surface area contributed by atoms with Gasteiger partial charge < -0.3 is 20.9 Å². The van der Waals surface area contributed by atoms with Crippen molar-refractivity contribution in [2.75, 3.05) is 41.7 Å². The molecular formula is C20H27FN6O. The van der Waals surface area contributed by atoms with Crippen LogP contribution in [0.15, 0.2) is 24.3 Å². The summed E-state index contributed by atoms with van der Waals surface area (Å²) in [5, 5.41) is 8.55. The molecule has 0 aliphatic carbocycles. The van der Waals surface area contributed by atoms with E-state index in [2.05, 4.69) is 30.8 Å². The summed E-state index contributed by atoms with van der Waals surface area (Å²) in [5.74, 6) is 1.16. The molecule has 2 heterocycles. The molecule has 3 N–H and O–H groups in total. The Morgan fingerprint density at radius 2 is 1.93 bits per heavy atom. The molecule has 0 saturated carbocycles. The molecule has 8 heteroatoms. The minimum atomic E-state index is -0.380. The normalized spacial score (nSPS) is 13.9. The van der Waals surface area contributed by atoms with Gasteiger partial charge in [0.1, 0.15) is 11.6 Å². The molecule has 7 nitrogen and oxygen atoms in total. The van der Waals surface area contributed by atoms with Crippen LogP contribution in [-0.2, 0) is 0 Å². The third kappa shape index (κ3) is 5.31. The van der Waals surface area contributed by atoms with Crippen LogP contribution in [0.4, 0.5) is 26.6 Å². The molecule has 2 amide bonds. The quantitative estimate of drug-likeness (QED) is 0.663. The number of nitrogens with zero attached hydrogens (tertiary/aromatic N) is 3. The molecule has 28 heavy (non-hydrogen) atoms. The number of carbonyl (C=O) groups is 1. The number of rotatable bonds is 6. The van der Waals surface area contributed by atoms with Gasteiger partial charge >= 0.3 is 6.03 Å². The van der Waals surface area contributed by atoms with Crippen molar-refractivity contribution in [2.24, 2.45) is 0 Å². The van der Waals surface area contributed by atoms with Crippen LogP contribution in [0.25, 0.3) is 0 Å². The van der Waals surface area contributed by atoms with Crippen molar-refractivity contribution >= 4 is 23.5 Å². The van der Waals surface area contributed by atoms with Gasteiger partial charge in [-0.3, -0.25) is 0 Å². The van der Waals surface area contributed by atoms with E-state index in [9.17, 15) is 9.18 Å². The van der Waals surface area contributed by atoms with Gasteiger partial charge in [0.25, 0.3) is 0 Å². The minimum Gasteiger partial charge on any atom is -0.356 e. The Labute approximate surface area is 164 Å². The molecular weight excluding hydrogens is 359 g/mol. The van der Waals surface area contributed by atoms with Crippen molar-refractivity contribution in [3.8, 4) is 0 Å². The first-order valence-electron chi connectivity index (χ1n) is 9.67. The summed E-state index contributed by atoms with van der Waals surface area (Å²) in [4.78, 5) is 23.3. The molecule has 1 aliphatic rings. The van der Waals surface area contributed by atoms with Crippen molar-refractivity contribution < 1.29 is 9.18 Å². The van der Waals surface area contributed by atoms with Crippen LogP contribution in [-0.4, -0.2) is 42.2 Å². The Balaban J connectivity index is 1.47. The van der Waals surface area contributed by atoms with Crippen molar-refractivity contribution in [3.05, 3.63) is 41.3 Å². The molecule has 0 bridgehead atoms. The highest BCUT2D eigenvalue weighted by Gasteiger charge is 2.14. The van der Waals surface area contributed by atoms with E-state index >= 15 is 0 Å². The molecule has 0 atom stereocenters. The van der Waals surface area contributed by atoms with Crippen LogP contribution in [0.2, 0.25) is 0 Å². The SMILES string of the molecule is Cc1cc(N2CCCCC2)nc(NCCNC(=O)Nc2cccc(F)c2C)n1. The Morgan fingerprint density at radius 3 is 2.71 bits per heavy atom. The average molecular weight is 386 g/mol. The highest BCUT2D eigenvalue weighted by Crippen LogP contribution is 2.19. The summed E-state index contributed by atoms with van der Waals surface area (Å²) in [7, 11) is 0. The van der Waals surface area contributed by atoms with Gasteiger partial charge in [-0.15, -0.1) is 0 Å². The summed E-state index contributed by atoms with van der Waals surface area (Å²) in [5.41, 5.74) is 1.78. The highest BCUT2D eigenvalue weighted by molar-refractivity contribution is 5.90. The van der Waals surface area contributed by atoms with Gasteiger partial charge in [0.15, 0.2) is 0 Å². The molecule has 3 rings (SSSR count). The standard InChI is InChI=1S/C20H27FN6O/c1-14-13-18(27-11-4-3-5-12-27)26-19(24-14)22-9-10-23-20(28)25-17-8-6-7-16(21)15(17)2/h6-8,13H,3-5,9-12H2,1-2H3,(H,22,24,26)(H2,23,25,28). The molecule has 1 saturated heterocycles. The zero-order valence-electron chi connectivity index (χ0n) is 16.4. The molecule has 2 aromatic rings. The summed E-state index contributed by atoms with van der Waals surface area (Å²) in [6.07, 6.45) is 3.65. The first-order valence-corrected chi connectivity index (χ1v) is 9.67. The lowest BCUT2D eigenvalue weighted by atomic mass is 10.1. The van der Waals surface area contributed by atoms with Crippen LogP contribution >= 0.6 is 0 Å². The maximum absolute atomic E-state index is 13.5. The summed E-state index contributed by atoms with van der Waals surface area (Å²) < 4.78 is 13.5. The van der Waals surface area contributed by atoms with Crippen LogP contribution in [0.1, 0.15) is 30.5 Å². The first-order chi connectivity index (χ1) is 13.5. The van der Waals surface area contributed by atoms with Gasteiger partial charge in [0.05, 0.1) is 0 Å². The average Bonchev–Trinajstić information content (AvgIpc) is 2.69.